The molecule has 144 valence electrons. The summed E-state index contributed by atoms with van der Waals surface area (Å²) in [5.74, 6) is 0.979. The van der Waals surface area contributed by atoms with Crippen molar-refractivity contribution in [3.8, 4) is 17.2 Å². The predicted octanol–water partition coefficient (Wildman–Crippen LogP) is 2.83. The monoisotopic (exact) mass is 373 g/mol. The average Bonchev–Trinajstić information content (AvgIpc) is 2.70. The molecule has 0 saturated carbocycles. The van der Waals surface area contributed by atoms with E-state index in [1.165, 1.54) is 0 Å². The summed E-state index contributed by atoms with van der Waals surface area (Å²) in [4.78, 5) is 23.8. The van der Waals surface area contributed by atoms with Crippen LogP contribution in [0.1, 0.15) is 12.0 Å². The zero-order valence-electron chi connectivity index (χ0n) is 15.6. The second kappa shape index (κ2) is 10.1. The highest BCUT2D eigenvalue weighted by molar-refractivity contribution is 5.92. The first kappa shape index (κ1) is 20.1. The highest BCUT2D eigenvalue weighted by atomic mass is 16.5. The van der Waals surface area contributed by atoms with Crippen LogP contribution in [-0.2, 0) is 20.7 Å². The Balaban J connectivity index is 1.78. The molecule has 1 amide bonds. The van der Waals surface area contributed by atoms with Crippen molar-refractivity contribution in [3.05, 3.63) is 48.0 Å². The largest absolute Gasteiger partial charge is 0.497 e. The molecule has 0 heterocycles. The van der Waals surface area contributed by atoms with Crippen LogP contribution in [0.3, 0.4) is 0 Å². The van der Waals surface area contributed by atoms with Crippen LogP contribution in [0.5, 0.6) is 17.2 Å². The van der Waals surface area contributed by atoms with Crippen molar-refractivity contribution in [2.45, 2.75) is 12.8 Å². The standard InChI is InChI=1S/C20H23NO6/c1-24-16-6-4-5-15(12-16)21-19(22)13-27-20(23)10-8-14-7-9-17(25-2)18(11-14)26-3/h4-7,9,11-12H,8,10,13H2,1-3H3,(H,21,22). The Morgan fingerprint density at radius 2 is 1.70 bits per heavy atom. The third-order valence-electron chi connectivity index (χ3n) is 3.78. The van der Waals surface area contributed by atoms with Crippen LogP contribution >= 0.6 is 0 Å². The molecule has 0 aliphatic heterocycles. The minimum atomic E-state index is -0.453. The molecule has 0 aliphatic carbocycles. The second-order valence-corrected chi connectivity index (χ2v) is 5.63. The minimum Gasteiger partial charge on any atom is -0.497 e. The number of carbonyl (C=O) groups is 2. The molecule has 2 aromatic rings. The van der Waals surface area contributed by atoms with Gasteiger partial charge in [0.25, 0.3) is 5.91 Å². The quantitative estimate of drug-likeness (QED) is 0.681. The fourth-order valence-electron chi connectivity index (χ4n) is 2.40. The Labute approximate surface area is 158 Å². The summed E-state index contributed by atoms with van der Waals surface area (Å²) in [5.41, 5.74) is 1.48. The van der Waals surface area contributed by atoms with Gasteiger partial charge in [0, 0.05) is 18.2 Å². The minimum absolute atomic E-state index is 0.155. The van der Waals surface area contributed by atoms with Crippen LogP contribution in [0, 0.1) is 0 Å². The Bertz CT molecular complexity index is 790. The molecular weight excluding hydrogens is 350 g/mol. The van der Waals surface area contributed by atoms with Crippen LogP contribution < -0.4 is 19.5 Å². The number of esters is 1. The Kier molecular flexibility index (Phi) is 7.49. The molecule has 0 fully saturated rings. The summed E-state index contributed by atoms with van der Waals surface area (Å²) < 4.78 is 20.5. The van der Waals surface area contributed by atoms with Crippen molar-refractivity contribution in [2.24, 2.45) is 0 Å². The van der Waals surface area contributed by atoms with E-state index >= 15 is 0 Å². The van der Waals surface area contributed by atoms with E-state index in [-0.39, 0.29) is 13.0 Å². The summed E-state index contributed by atoms with van der Waals surface area (Å²) in [6, 6.07) is 12.4. The van der Waals surface area contributed by atoms with Gasteiger partial charge in [0.2, 0.25) is 0 Å². The molecule has 0 bridgehead atoms. The van der Waals surface area contributed by atoms with E-state index in [2.05, 4.69) is 5.32 Å². The van der Waals surface area contributed by atoms with Gasteiger partial charge in [-0.05, 0) is 36.2 Å². The number of benzene rings is 2. The molecule has 2 rings (SSSR count). The highest BCUT2D eigenvalue weighted by Gasteiger charge is 2.10. The maximum absolute atomic E-state index is 11.9. The zero-order valence-corrected chi connectivity index (χ0v) is 15.6. The third kappa shape index (κ3) is 6.22. The van der Waals surface area contributed by atoms with E-state index < -0.39 is 11.9 Å². The van der Waals surface area contributed by atoms with Crippen molar-refractivity contribution in [3.63, 3.8) is 0 Å². The van der Waals surface area contributed by atoms with Gasteiger partial charge < -0.3 is 24.3 Å². The zero-order chi connectivity index (χ0) is 19.6. The lowest BCUT2D eigenvalue weighted by Crippen LogP contribution is -2.21. The number of carbonyl (C=O) groups excluding carboxylic acids is 2. The molecule has 7 nitrogen and oxygen atoms in total. The first-order chi connectivity index (χ1) is 13.0. The first-order valence-electron chi connectivity index (χ1n) is 8.36. The van der Waals surface area contributed by atoms with Crippen molar-refractivity contribution < 1.29 is 28.5 Å². The van der Waals surface area contributed by atoms with E-state index in [9.17, 15) is 9.59 Å². The molecular formula is C20H23NO6. The van der Waals surface area contributed by atoms with Crippen molar-refractivity contribution in [1.29, 1.82) is 0 Å². The van der Waals surface area contributed by atoms with E-state index in [0.29, 0.717) is 29.4 Å². The highest BCUT2D eigenvalue weighted by Crippen LogP contribution is 2.28. The number of rotatable bonds is 9. The first-order valence-corrected chi connectivity index (χ1v) is 8.36. The fourth-order valence-corrected chi connectivity index (χ4v) is 2.40. The van der Waals surface area contributed by atoms with Gasteiger partial charge in [-0.15, -0.1) is 0 Å². The van der Waals surface area contributed by atoms with Crippen molar-refractivity contribution >= 4 is 17.6 Å². The topological polar surface area (TPSA) is 83.1 Å². The third-order valence-corrected chi connectivity index (χ3v) is 3.78. The van der Waals surface area contributed by atoms with Gasteiger partial charge in [-0.25, -0.2) is 0 Å². The number of hydrogen-bond donors (Lipinski definition) is 1. The van der Waals surface area contributed by atoms with Gasteiger partial charge in [-0.3, -0.25) is 9.59 Å². The van der Waals surface area contributed by atoms with Gasteiger partial charge in [0.05, 0.1) is 21.3 Å². The number of ether oxygens (including phenoxy) is 4. The number of methoxy groups -OCH3 is 3. The van der Waals surface area contributed by atoms with E-state index in [1.807, 2.05) is 12.1 Å². The van der Waals surface area contributed by atoms with Crippen LogP contribution in [0.2, 0.25) is 0 Å². The Morgan fingerprint density at radius 1 is 0.926 bits per heavy atom. The average molecular weight is 373 g/mol. The molecule has 7 heteroatoms. The van der Waals surface area contributed by atoms with E-state index in [0.717, 1.165) is 5.56 Å². The number of nitrogens with one attached hydrogen (secondary N) is 1. The second-order valence-electron chi connectivity index (χ2n) is 5.63. The molecule has 0 atom stereocenters. The number of aryl methyl sites for hydroxylation is 1. The maximum atomic E-state index is 11.9. The summed E-state index contributed by atoms with van der Waals surface area (Å²) in [6.07, 6.45) is 0.624. The molecule has 0 radical (unpaired) electrons. The smallest absolute Gasteiger partial charge is 0.306 e. The van der Waals surface area contributed by atoms with Gasteiger partial charge in [-0.2, -0.15) is 0 Å². The van der Waals surface area contributed by atoms with Gasteiger partial charge >= 0.3 is 5.97 Å². The molecule has 0 spiro atoms. The number of hydrogen-bond acceptors (Lipinski definition) is 6. The molecule has 0 aliphatic rings. The SMILES string of the molecule is COc1cccc(NC(=O)COC(=O)CCc2ccc(OC)c(OC)c2)c1. The molecule has 27 heavy (non-hydrogen) atoms. The lowest BCUT2D eigenvalue weighted by atomic mass is 10.1. The van der Waals surface area contributed by atoms with Gasteiger partial charge in [0.1, 0.15) is 5.75 Å². The van der Waals surface area contributed by atoms with Crippen molar-refractivity contribution in [1.82, 2.24) is 0 Å². The van der Waals surface area contributed by atoms with Gasteiger partial charge in [0.15, 0.2) is 18.1 Å². The normalized spacial score (nSPS) is 10.0. The number of amides is 1. The lowest BCUT2D eigenvalue weighted by molar-refractivity contribution is -0.147. The number of anilines is 1. The van der Waals surface area contributed by atoms with E-state index in [1.54, 1.807) is 51.7 Å². The van der Waals surface area contributed by atoms with E-state index in [4.69, 9.17) is 18.9 Å². The van der Waals surface area contributed by atoms with Crippen LogP contribution in [0.15, 0.2) is 42.5 Å². The summed E-state index contributed by atoms with van der Waals surface area (Å²) in [6.45, 7) is -0.345. The summed E-state index contributed by atoms with van der Waals surface area (Å²) in [7, 11) is 4.66. The molecule has 0 saturated heterocycles. The van der Waals surface area contributed by atoms with Gasteiger partial charge in [-0.1, -0.05) is 12.1 Å². The summed E-state index contributed by atoms with van der Waals surface area (Å²) in [5, 5.41) is 2.65. The molecule has 1 N–H and O–H groups in total. The molecule has 0 unspecified atom stereocenters. The summed E-state index contributed by atoms with van der Waals surface area (Å²) >= 11 is 0. The van der Waals surface area contributed by atoms with Crippen LogP contribution in [0.25, 0.3) is 0 Å². The Morgan fingerprint density at radius 3 is 2.41 bits per heavy atom. The van der Waals surface area contributed by atoms with Crippen molar-refractivity contribution in [2.75, 3.05) is 33.3 Å². The van der Waals surface area contributed by atoms with Crippen LogP contribution in [-0.4, -0.2) is 39.8 Å². The lowest BCUT2D eigenvalue weighted by Gasteiger charge is -2.10. The molecule has 2 aromatic carbocycles. The fraction of sp³-hybridized carbons (Fsp3) is 0.300. The van der Waals surface area contributed by atoms with Crippen LogP contribution in [0.4, 0.5) is 5.69 Å². The molecule has 0 aromatic heterocycles. The predicted molar refractivity (Wildman–Crippen MR) is 100 cm³/mol. The Hall–Kier alpha value is -3.22. The maximum Gasteiger partial charge on any atom is 0.306 e.